The van der Waals surface area contributed by atoms with Crippen LogP contribution in [0.5, 0.6) is 0 Å². The number of nitrogen functional groups attached to an aromatic ring is 1. The highest BCUT2D eigenvalue weighted by molar-refractivity contribution is 7.20. The number of imidazole rings is 1. The van der Waals surface area contributed by atoms with Crippen LogP contribution in [-0.2, 0) is 69.9 Å². The van der Waals surface area contributed by atoms with Crippen LogP contribution in [0, 0.1) is 17.8 Å². The van der Waals surface area contributed by atoms with E-state index in [1.165, 1.54) is 9.58 Å². The number of likely N-dealkylation sites (tertiary alicyclic amines) is 1. The Hall–Kier alpha value is -3.28. The number of nitrogens with two attached hydrogens (primary N) is 1. The molecule has 0 unspecified atom stereocenters. The first-order chi connectivity index (χ1) is 36.1. The van der Waals surface area contributed by atoms with E-state index < -0.39 is 11.7 Å². The van der Waals surface area contributed by atoms with Crippen LogP contribution in [0.15, 0.2) is 6.07 Å². The molecule has 0 bridgehead atoms. The van der Waals surface area contributed by atoms with Crippen molar-refractivity contribution in [2.75, 3.05) is 158 Å². The number of piperidine rings is 1. The quantitative estimate of drug-likeness (QED) is 0.0553. The molecule has 6 rings (SSSR count). The average Bonchev–Trinajstić information content (AvgIpc) is 3.99. The minimum absolute atomic E-state index is 0.114. The molecule has 2 aliphatic heterocycles. The Kier molecular flexibility index (Phi) is 27.4. The van der Waals surface area contributed by atoms with Crippen LogP contribution in [0.25, 0.3) is 21.3 Å². The van der Waals surface area contributed by atoms with Gasteiger partial charge in [0, 0.05) is 63.2 Å². The molecule has 0 radical (unpaired) electrons. The summed E-state index contributed by atoms with van der Waals surface area (Å²) in [6.07, 6.45) is 10.7. The van der Waals surface area contributed by atoms with Crippen LogP contribution < -0.4 is 11.1 Å². The summed E-state index contributed by atoms with van der Waals surface area (Å²) in [6.45, 7) is 21.2. The molecular weight excluding hydrogens is 973 g/mol. The minimum atomic E-state index is -0.518. The summed E-state index contributed by atoms with van der Waals surface area (Å²) in [5.74, 6) is 3.57. The van der Waals surface area contributed by atoms with Gasteiger partial charge in [0.1, 0.15) is 16.9 Å². The van der Waals surface area contributed by atoms with Gasteiger partial charge in [-0.2, -0.15) is 0 Å². The Morgan fingerprint density at radius 2 is 1.23 bits per heavy atom. The van der Waals surface area contributed by atoms with Crippen molar-refractivity contribution in [3.8, 4) is 0 Å². The molecule has 0 aromatic carbocycles. The zero-order valence-electron chi connectivity index (χ0n) is 45.2. The van der Waals surface area contributed by atoms with Crippen LogP contribution in [0.2, 0.25) is 0 Å². The zero-order valence-corrected chi connectivity index (χ0v) is 46.0. The fourth-order valence-corrected chi connectivity index (χ4v) is 10.9. The van der Waals surface area contributed by atoms with Gasteiger partial charge >= 0.3 is 6.09 Å². The lowest BCUT2D eigenvalue weighted by molar-refractivity contribution is -0.138. The topological polar surface area (TPSA) is 208 Å². The predicted octanol–water partition coefficient (Wildman–Crippen LogP) is 7.18. The van der Waals surface area contributed by atoms with Crippen molar-refractivity contribution in [2.45, 2.75) is 116 Å². The monoisotopic (exact) mass is 1060 g/mol. The number of nitrogens with zero attached hydrogens (tertiary/aromatic N) is 4. The lowest BCUT2D eigenvalue weighted by Crippen LogP contribution is -2.42. The molecule has 2 amide bonds. The Balaban J connectivity index is 0.702. The highest BCUT2D eigenvalue weighted by Crippen LogP contribution is 2.41. The van der Waals surface area contributed by atoms with E-state index in [1.807, 2.05) is 32.1 Å². The number of rotatable bonds is 36. The number of carbonyl (C=O) groups excluding carboxylic acids is 2. The van der Waals surface area contributed by atoms with Gasteiger partial charge in [0.15, 0.2) is 5.82 Å². The molecule has 3 aromatic heterocycles. The van der Waals surface area contributed by atoms with E-state index in [2.05, 4.69) is 27.8 Å². The second kappa shape index (κ2) is 33.8. The molecular formula is C54H90N6O13S. The molecule has 0 atom stereocenters. The van der Waals surface area contributed by atoms with Crippen molar-refractivity contribution in [1.82, 2.24) is 24.8 Å². The Morgan fingerprint density at radius 1 is 0.703 bits per heavy atom. The molecule has 3 N–H and O–H groups in total. The Labute approximate surface area is 443 Å². The molecule has 74 heavy (non-hydrogen) atoms. The Morgan fingerprint density at radius 3 is 1.76 bits per heavy atom. The Bertz CT molecular complexity index is 2030. The number of ether oxygens (including phenoxy) is 11. The van der Waals surface area contributed by atoms with Gasteiger partial charge < -0.3 is 72.6 Å². The molecule has 3 aliphatic rings. The minimum Gasteiger partial charge on any atom is -0.444 e. The number of hydrogen-bond acceptors (Lipinski definition) is 17. The first kappa shape index (κ1) is 60.0. The van der Waals surface area contributed by atoms with Crippen LogP contribution >= 0.6 is 11.3 Å². The summed E-state index contributed by atoms with van der Waals surface area (Å²) in [5, 5.41) is 2.64. The van der Waals surface area contributed by atoms with Crippen molar-refractivity contribution in [3.63, 3.8) is 0 Å². The standard InChI is InChI=1S/C54H90N6O13S/c1-5-6-7-47-58-48-49(60(47)39-41-14-19-63-20-15-41)50-45(57-51(48)55)38-46(74-50)43-12-17-59(18-13-43)52(61)44-10-8-42(9-11-44)40-72-37-36-71-35-34-70-33-32-69-31-30-68-29-28-67-27-26-66-25-24-65-23-22-64-21-16-56-53(62)73-54(2,3)4/h38,41-44H,5-37,39-40H2,1-4H3,(H2,55,57)(H,56,62). The number of aromatic nitrogens is 3. The molecule has 2 saturated heterocycles. The van der Waals surface area contributed by atoms with Crippen molar-refractivity contribution in [2.24, 2.45) is 17.8 Å². The van der Waals surface area contributed by atoms with E-state index in [4.69, 9.17) is 67.8 Å². The number of pyridine rings is 1. The highest BCUT2D eigenvalue weighted by Gasteiger charge is 2.33. The average molecular weight is 1060 g/mol. The van der Waals surface area contributed by atoms with Crippen LogP contribution in [0.3, 0.4) is 0 Å². The number of unbranched alkanes of at least 4 members (excludes halogenated alkanes) is 1. The van der Waals surface area contributed by atoms with E-state index in [9.17, 15) is 9.59 Å². The summed E-state index contributed by atoms with van der Waals surface area (Å²) >= 11 is 1.86. The normalized spacial score (nSPS) is 18.2. The summed E-state index contributed by atoms with van der Waals surface area (Å²) in [6, 6.07) is 2.26. The predicted molar refractivity (Wildman–Crippen MR) is 285 cm³/mol. The second-order valence-electron chi connectivity index (χ2n) is 20.6. The largest absolute Gasteiger partial charge is 0.444 e. The first-order valence-corrected chi connectivity index (χ1v) is 28.5. The molecule has 19 nitrogen and oxygen atoms in total. The van der Waals surface area contributed by atoms with E-state index >= 15 is 0 Å². The van der Waals surface area contributed by atoms with Crippen molar-refractivity contribution in [3.05, 3.63) is 16.8 Å². The molecule has 20 heteroatoms. The smallest absolute Gasteiger partial charge is 0.407 e. The third-order valence-electron chi connectivity index (χ3n) is 13.7. The van der Waals surface area contributed by atoms with Gasteiger partial charge in [-0.1, -0.05) is 13.3 Å². The molecule has 0 spiro atoms. The lowest BCUT2D eigenvalue weighted by Gasteiger charge is -2.36. The van der Waals surface area contributed by atoms with E-state index in [0.717, 1.165) is 126 Å². The second-order valence-corrected chi connectivity index (χ2v) is 21.7. The van der Waals surface area contributed by atoms with Gasteiger partial charge in [0.2, 0.25) is 5.91 Å². The molecule has 420 valence electrons. The summed E-state index contributed by atoms with van der Waals surface area (Å²) < 4.78 is 64.8. The van der Waals surface area contributed by atoms with Crippen LogP contribution in [-0.4, -0.2) is 189 Å². The molecule has 3 aromatic rings. The van der Waals surface area contributed by atoms with Gasteiger partial charge in [-0.05, 0) is 102 Å². The van der Waals surface area contributed by atoms with Gasteiger partial charge in [0.05, 0.1) is 128 Å². The van der Waals surface area contributed by atoms with Crippen LogP contribution in [0.1, 0.15) is 109 Å². The number of nitrogens with one attached hydrogen (secondary N) is 1. The number of amides is 2. The first-order valence-electron chi connectivity index (χ1n) is 27.7. The zero-order chi connectivity index (χ0) is 52.2. The fourth-order valence-electron chi connectivity index (χ4n) is 9.62. The number of thiophene rings is 1. The number of anilines is 1. The molecule has 5 heterocycles. The number of fused-ring (bicyclic) bond motifs is 3. The number of hydrogen-bond donors (Lipinski definition) is 2. The van der Waals surface area contributed by atoms with Crippen LogP contribution in [0.4, 0.5) is 10.6 Å². The van der Waals surface area contributed by atoms with E-state index in [-0.39, 0.29) is 5.92 Å². The van der Waals surface area contributed by atoms with Gasteiger partial charge in [-0.3, -0.25) is 4.79 Å². The van der Waals surface area contributed by atoms with Crippen molar-refractivity contribution >= 4 is 50.4 Å². The van der Waals surface area contributed by atoms with Crippen molar-refractivity contribution < 1.29 is 61.7 Å². The third-order valence-corrected chi connectivity index (χ3v) is 15.0. The van der Waals surface area contributed by atoms with Gasteiger partial charge in [-0.25, -0.2) is 14.8 Å². The van der Waals surface area contributed by atoms with Gasteiger partial charge in [-0.15, -0.1) is 11.3 Å². The number of aryl methyl sites for hydroxylation is 1. The maximum absolute atomic E-state index is 13.7. The summed E-state index contributed by atoms with van der Waals surface area (Å²) in [7, 11) is 0. The molecule has 1 aliphatic carbocycles. The summed E-state index contributed by atoms with van der Waals surface area (Å²) in [4.78, 5) is 38.7. The fraction of sp³-hybridized carbons (Fsp3) is 0.815. The maximum atomic E-state index is 13.7. The SMILES string of the molecule is CCCCc1nc2c(N)nc3cc(C4CCN(C(=O)C5CCC(COCCOCCOCCOCCOCCOCCOCCOCCOCCNC(=O)OC(C)(C)C)CC5)CC4)sc3c2n1CC1CCOCC1. The maximum Gasteiger partial charge on any atom is 0.407 e. The third kappa shape index (κ3) is 21.3. The molecule has 3 fully saturated rings. The number of alkyl carbamates (subject to hydrolysis) is 1. The highest BCUT2D eigenvalue weighted by atomic mass is 32.1. The summed E-state index contributed by atoms with van der Waals surface area (Å²) in [5.41, 5.74) is 9.07. The van der Waals surface area contributed by atoms with Crippen molar-refractivity contribution in [1.29, 1.82) is 0 Å². The van der Waals surface area contributed by atoms with E-state index in [0.29, 0.717) is 155 Å². The van der Waals surface area contributed by atoms with Gasteiger partial charge in [0.25, 0.3) is 0 Å². The number of carbonyl (C=O) groups is 2. The van der Waals surface area contributed by atoms with E-state index in [1.54, 1.807) is 0 Å². The molecule has 1 saturated carbocycles. The lowest BCUT2D eigenvalue weighted by atomic mass is 9.81.